The minimum atomic E-state index is -0.422. The van der Waals surface area contributed by atoms with Crippen LogP contribution in [-0.2, 0) is 4.79 Å². The van der Waals surface area contributed by atoms with Crippen molar-refractivity contribution in [1.29, 1.82) is 0 Å². The Morgan fingerprint density at radius 2 is 1.50 bits per heavy atom. The van der Waals surface area contributed by atoms with Crippen LogP contribution in [0.1, 0.15) is 6.42 Å². The molecule has 1 N–H and O–H groups in total. The Balaban J connectivity index is 2.25. The van der Waals surface area contributed by atoms with Crippen LogP contribution >= 0.6 is 0 Å². The lowest BCUT2D eigenvalue weighted by Gasteiger charge is -2.11. The van der Waals surface area contributed by atoms with E-state index in [0.717, 1.165) is 21.5 Å². The second kappa shape index (κ2) is 5.31. The molecule has 0 aliphatic carbocycles. The third kappa shape index (κ3) is 2.24. The van der Waals surface area contributed by atoms with Crippen molar-refractivity contribution in [2.45, 2.75) is 6.42 Å². The predicted molar refractivity (Wildman–Crippen MR) is 78.8 cm³/mol. The highest BCUT2D eigenvalue weighted by atomic mass is 16.5. The van der Waals surface area contributed by atoms with E-state index in [2.05, 4.69) is 6.07 Å². The van der Waals surface area contributed by atoms with Crippen LogP contribution in [0.4, 0.5) is 0 Å². The zero-order valence-electron chi connectivity index (χ0n) is 10.9. The topological polar surface area (TPSA) is 46.5 Å². The number of aliphatic hydroxyl groups excluding tert-OH is 1. The molecule has 3 heteroatoms. The summed E-state index contributed by atoms with van der Waals surface area (Å²) < 4.78 is 5.48. The number of ether oxygens (including phenoxy) is 1. The fourth-order valence-electron chi connectivity index (χ4n) is 2.34. The molecule has 0 unspecified atom stereocenters. The zero-order chi connectivity index (χ0) is 13.9. The molecule has 0 atom stereocenters. The number of aliphatic hydroxyl groups is 1. The summed E-state index contributed by atoms with van der Waals surface area (Å²) in [6, 6.07) is 17.7. The van der Waals surface area contributed by atoms with Gasteiger partial charge in [-0.2, -0.15) is 0 Å². The van der Waals surface area contributed by atoms with Crippen molar-refractivity contribution < 1.29 is 14.6 Å². The maximum atomic E-state index is 11.7. The van der Waals surface area contributed by atoms with Crippen LogP contribution in [0.3, 0.4) is 0 Å². The van der Waals surface area contributed by atoms with E-state index in [1.54, 1.807) is 0 Å². The first kappa shape index (κ1) is 12.6. The van der Waals surface area contributed by atoms with Crippen LogP contribution in [0.5, 0.6) is 5.75 Å². The van der Waals surface area contributed by atoms with Gasteiger partial charge in [-0.1, -0.05) is 48.5 Å². The molecule has 0 aliphatic rings. The first-order valence-electron chi connectivity index (χ1n) is 6.51. The number of esters is 1. The van der Waals surface area contributed by atoms with Gasteiger partial charge in [0.25, 0.3) is 0 Å². The summed E-state index contributed by atoms with van der Waals surface area (Å²) in [4.78, 5) is 11.7. The molecule has 100 valence electrons. The summed E-state index contributed by atoms with van der Waals surface area (Å²) in [7, 11) is 0. The van der Waals surface area contributed by atoms with Gasteiger partial charge in [-0.05, 0) is 16.8 Å². The average Bonchev–Trinajstić information content (AvgIpc) is 2.47. The number of benzene rings is 3. The van der Waals surface area contributed by atoms with E-state index in [1.807, 2.05) is 48.5 Å². The molecule has 0 saturated heterocycles. The summed E-state index contributed by atoms with van der Waals surface area (Å²) in [5.74, 6) is 0.145. The molecule has 0 fully saturated rings. The molecule has 0 bridgehead atoms. The van der Waals surface area contributed by atoms with E-state index < -0.39 is 5.97 Å². The maximum absolute atomic E-state index is 11.7. The normalized spacial score (nSPS) is 10.8. The van der Waals surface area contributed by atoms with E-state index in [0.29, 0.717) is 5.75 Å². The van der Waals surface area contributed by atoms with Crippen molar-refractivity contribution in [3.05, 3.63) is 54.6 Å². The van der Waals surface area contributed by atoms with Crippen molar-refractivity contribution in [1.82, 2.24) is 0 Å². The fraction of sp³-hybridized carbons (Fsp3) is 0.118. The van der Waals surface area contributed by atoms with Crippen LogP contribution in [0.25, 0.3) is 21.5 Å². The highest BCUT2D eigenvalue weighted by Gasteiger charge is 2.12. The largest absolute Gasteiger partial charge is 0.425 e. The fourth-order valence-corrected chi connectivity index (χ4v) is 2.34. The molecule has 0 amide bonds. The molecule has 0 aromatic heterocycles. The minimum Gasteiger partial charge on any atom is -0.425 e. The van der Waals surface area contributed by atoms with Crippen LogP contribution in [-0.4, -0.2) is 17.7 Å². The summed E-state index contributed by atoms with van der Waals surface area (Å²) in [6.45, 7) is -0.207. The molecule has 0 heterocycles. The molecule has 0 spiro atoms. The lowest BCUT2D eigenvalue weighted by Crippen LogP contribution is -2.10. The third-order valence-corrected chi connectivity index (χ3v) is 3.25. The van der Waals surface area contributed by atoms with E-state index in [-0.39, 0.29) is 13.0 Å². The highest BCUT2D eigenvalue weighted by Crippen LogP contribution is 2.34. The summed E-state index contributed by atoms with van der Waals surface area (Å²) in [5, 5.41) is 12.7. The van der Waals surface area contributed by atoms with Gasteiger partial charge in [0.15, 0.2) is 0 Å². The lowest BCUT2D eigenvalue weighted by molar-refractivity contribution is -0.134. The van der Waals surface area contributed by atoms with E-state index >= 15 is 0 Å². The number of hydrogen-bond donors (Lipinski definition) is 1. The van der Waals surface area contributed by atoms with Gasteiger partial charge in [-0.25, -0.2) is 0 Å². The Kier molecular flexibility index (Phi) is 3.35. The third-order valence-electron chi connectivity index (χ3n) is 3.25. The second-order valence-corrected chi connectivity index (χ2v) is 4.60. The number of fused-ring (bicyclic) bond motifs is 2. The summed E-state index contributed by atoms with van der Waals surface area (Å²) >= 11 is 0. The van der Waals surface area contributed by atoms with E-state index in [1.165, 1.54) is 0 Å². The predicted octanol–water partition coefficient (Wildman–Crippen LogP) is 3.28. The molecular formula is C17H14O3. The van der Waals surface area contributed by atoms with Gasteiger partial charge < -0.3 is 9.84 Å². The molecule has 3 nitrogen and oxygen atoms in total. The number of carbonyl (C=O) groups excluding carboxylic acids is 1. The molecule has 3 aromatic carbocycles. The Bertz CT molecular complexity index is 723. The Hall–Kier alpha value is -2.39. The first-order valence-corrected chi connectivity index (χ1v) is 6.51. The van der Waals surface area contributed by atoms with Crippen molar-refractivity contribution in [2.24, 2.45) is 0 Å². The maximum Gasteiger partial charge on any atom is 0.313 e. The number of carbonyl (C=O) groups is 1. The summed E-state index contributed by atoms with van der Waals surface area (Å²) in [6.07, 6.45) is -0.00243. The van der Waals surface area contributed by atoms with Gasteiger partial charge >= 0.3 is 5.97 Å². The minimum absolute atomic E-state index is 0.00243. The van der Waals surface area contributed by atoms with Crippen molar-refractivity contribution in [2.75, 3.05) is 6.61 Å². The molecular weight excluding hydrogens is 252 g/mol. The van der Waals surface area contributed by atoms with Crippen LogP contribution in [0.2, 0.25) is 0 Å². The monoisotopic (exact) mass is 266 g/mol. The van der Waals surface area contributed by atoms with Gasteiger partial charge in [-0.3, -0.25) is 4.79 Å². The van der Waals surface area contributed by atoms with Gasteiger partial charge in [0.05, 0.1) is 13.0 Å². The molecule has 0 saturated carbocycles. The lowest BCUT2D eigenvalue weighted by atomic mass is 10.0. The van der Waals surface area contributed by atoms with Crippen LogP contribution < -0.4 is 4.74 Å². The standard InChI is InChI=1S/C17H14O3/c18-10-9-16(19)20-17-14-7-3-1-5-12(14)11-13-6-2-4-8-15(13)17/h1-8,11,18H,9-10H2. The smallest absolute Gasteiger partial charge is 0.313 e. The van der Waals surface area contributed by atoms with Crippen molar-refractivity contribution >= 4 is 27.5 Å². The van der Waals surface area contributed by atoms with Gasteiger partial charge in [0.2, 0.25) is 0 Å². The Labute approximate surface area is 116 Å². The zero-order valence-corrected chi connectivity index (χ0v) is 10.9. The summed E-state index contributed by atoms with van der Waals surface area (Å²) in [5.41, 5.74) is 0. The molecule has 0 aliphatic heterocycles. The van der Waals surface area contributed by atoms with Gasteiger partial charge in [0, 0.05) is 10.8 Å². The molecule has 0 radical (unpaired) electrons. The van der Waals surface area contributed by atoms with Crippen molar-refractivity contribution in [3.8, 4) is 5.75 Å². The van der Waals surface area contributed by atoms with Gasteiger partial charge in [0.1, 0.15) is 5.75 Å². The first-order chi connectivity index (χ1) is 9.79. The Morgan fingerprint density at radius 1 is 0.950 bits per heavy atom. The van der Waals surface area contributed by atoms with E-state index in [4.69, 9.17) is 9.84 Å². The average molecular weight is 266 g/mol. The SMILES string of the molecule is O=C(CCO)Oc1c2ccccc2cc2ccccc12. The molecule has 3 rings (SSSR count). The second-order valence-electron chi connectivity index (χ2n) is 4.60. The Morgan fingerprint density at radius 3 is 2.05 bits per heavy atom. The molecule has 3 aromatic rings. The van der Waals surface area contributed by atoms with Crippen molar-refractivity contribution in [3.63, 3.8) is 0 Å². The quantitative estimate of drug-likeness (QED) is 0.449. The number of hydrogen-bond acceptors (Lipinski definition) is 3. The number of rotatable bonds is 3. The van der Waals surface area contributed by atoms with E-state index in [9.17, 15) is 4.79 Å². The van der Waals surface area contributed by atoms with Crippen LogP contribution in [0, 0.1) is 0 Å². The van der Waals surface area contributed by atoms with Gasteiger partial charge in [-0.15, -0.1) is 0 Å². The molecule has 20 heavy (non-hydrogen) atoms. The highest BCUT2D eigenvalue weighted by molar-refractivity contribution is 6.06. The van der Waals surface area contributed by atoms with Crippen LogP contribution in [0.15, 0.2) is 54.6 Å².